The number of hydrogen-bond acceptors (Lipinski definition) is 6. The normalized spacial score (nSPS) is 13.0. The Morgan fingerprint density at radius 1 is 1.24 bits per heavy atom. The van der Waals surface area contributed by atoms with Gasteiger partial charge in [0.15, 0.2) is 5.78 Å². The van der Waals surface area contributed by atoms with Gasteiger partial charge in [0.2, 0.25) is 5.91 Å². The number of amides is 1. The quantitative estimate of drug-likeness (QED) is 0.539. The standard InChI is InChI=1S/C14H27NO4S2/c1-11(12(2)16)15(3)13(17)7-8-14(9-18-4,10-19-5)21-20-6/h11H,7-10H2,1-6H3/t11-/m1/s1. The first kappa shape index (κ1) is 20.8. The molecule has 1 atom stereocenters. The van der Waals surface area contributed by atoms with E-state index in [0.29, 0.717) is 26.1 Å². The highest BCUT2D eigenvalue weighted by Crippen LogP contribution is 2.38. The number of Topliss-reactive ketones (excluding diaryl/α,β-unsaturated/α-hetero) is 1. The van der Waals surface area contributed by atoms with Gasteiger partial charge in [0.05, 0.1) is 24.0 Å². The number of likely N-dealkylation sites (N-methyl/N-ethyl adjacent to an activating group) is 1. The summed E-state index contributed by atoms with van der Waals surface area (Å²) in [6, 6.07) is -0.384. The van der Waals surface area contributed by atoms with Gasteiger partial charge >= 0.3 is 0 Å². The smallest absolute Gasteiger partial charge is 0.222 e. The second-order valence-electron chi connectivity index (χ2n) is 5.09. The van der Waals surface area contributed by atoms with Crippen LogP contribution < -0.4 is 0 Å². The van der Waals surface area contributed by atoms with E-state index in [0.717, 1.165) is 0 Å². The summed E-state index contributed by atoms with van der Waals surface area (Å²) in [5.41, 5.74) is 0. The number of carbonyl (C=O) groups is 2. The van der Waals surface area contributed by atoms with Crippen LogP contribution in [0.15, 0.2) is 0 Å². The van der Waals surface area contributed by atoms with Crippen LogP contribution in [-0.2, 0) is 19.1 Å². The van der Waals surface area contributed by atoms with Crippen LogP contribution in [-0.4, -0.2) is 68.1 Å². The Balaban J connectivity index is 4.72. The van der Waals surface area contributed by atoms with E-state index in [-0.39, 0.29) is 22.5 Å². The molecule has 0 saturated carbocycles. The van der Waals surface area contributed by atoms with Gasteiger partial charge in [-0.25, -0.2) is 0 Å². The number of methoxy groups -OCH3 is 2. The van der Waals surface area contributed by atoms with Crippen molar-refractivity contribution in [1.29, 1.82) is 0 Å². The van der Waals surface area contributed by atoms with E-state index in [1.54, 1.807) is 49.8 Å². The average Bonchev–Trinajstić information content (AvgIpc) is 2.44. The molecule has 0 heterocycles. The minimum Gasteiger partial charge on any atom is -0.383 e. The van der Waals surface area contributed by atoms with Crippen LogP contribution in [0.2, 0.25) is 0 Å². The molecule has 0 unspecified atom stereocenters. The Labute approximate surface area is 135 Å². The fourth-order valence-electron chi connectivity index (χ4n) is 1.98. The van der Waals surface area contributed by atoms with Gasteiger partial charge in [-0.05, 0) is 26.5 Å². The molecule has 0 bridgehead atoms. The molecular weight excluding hydrogens is 310 g/mol. The van der Waals surface area contributed by atoms with E-state index >= 15 is 0 Å². The van der Waals surface area contributed by atoms with Crippen LogP contribution in [0.3, 0.4) is 0 Å². The molecular formula is C14H27NO4S2. The molecule has 5 nitrogen and oxygen atoms in total. The fraction of sp³-hybridized carbons (Fsp3) is 0.857. The third kappa shape index (κ3) is 7.04. The van der Waals surface area contributed by atoms with E-state index < -0.39 is 0 Å². The van der Waals surface area contributed by atoms with Gasteiger partial charge in [-0.15, -0.1) is 0 Å². The molecule has 0 fully saturated rings. The highest BCUT2D eigenvalue weighted by atomic mass is 33.1. The Kier molecular flexibility index (Phi) is 10.4. The first-order valence-electron chi connectivity index (χ1n) is 6.79. The summed E-state index contributed by atoms with van der Waals surface area (Å²) in [6.07, 6.45) is 3.01. The van der Waals surface area contributed by atoms with Crippen LogP contribution >= 0.6 is 21.6 Å². The molecule has 0 aliphatic carbocycles. The highest BCUT2D eigenvalue weighted by Gasteiger charge is 2.33. The van der Waals surface area contributed by atoms with Crippen molar-refractivity contribution in [2.45, 2.75) is 37.5 Å². The zero-order valence-electron chi connectivity index (χ0n) is 13.8. The van der Waals surface area contributed by atoms with Crippen LogP contribution in [0.1, 0.15) is 26.7 Å². The summed E-state index contributed by atoms with van der Waals surface area (Å²) in [4.78, 5) is 25.1. The minimum atomic E-state index is -0.384. The maximum Gasteiger partial charge on any atom is 0.222 e. The van der Waals surface area contributed by atoms with Gasteiger partial charge in [0.1, 0.15) is 0 Å². The fourth-order valence-corrected chi connectivity index (χ4v) is 4.45. The van der Waals surface area contributed by atoms with E-state index in [1.807, 2.05) is 6.26 Å². The molecule has 7 heteroatoms. The Bertz CT molecular complexity index is 322. The zero-order valence-corrected chi connectivity index (χ0v) is 15.4. The van der Waals surface area contributed by atoms with Crippen molar-refractivity contribution in [3.63, 3.8) is 0 Å². The monoisotopic (exact) mass is 337 g/mol. The average molecular weight is 338 g/mol. The van der Waals surface area contributed by atoms with Crippen LogP contribution in [0.25, 0.3) is 0 Å². The second-order valence-corrected chi connectivity index (χ2v) is 7.96. The van der Waals surface area contributed by atoms with Gasteiger partial charge in [0.25, 0.3) is 0 Å². The predicted octanol–water partition coefficient (Wildman–Crippen LogP) is 2.25. The van der Waals surface area contributed by atoms with Crippen molar-refractivity contribution in [2.24, 2.45) is 0 Å². The topological polar surface area (TPSA) is 55.8 Å². The minimum absolute atomic E-state index is 0.00983. The number of carbonyl (C=O) groups excluding carboxylic acids is 2. The lowest BCUT2D eigenvalue weighted by atomic mass is 10.0. The lowest BCUT2D eigenvalue weighted by Crippen LogP contribution is -2.41. The van der Waals surface area contributed by atoms with Crippen LogP contribution in [0.4, 0.5) is 0 Å². The summed E-state index contributed by atoms with van der Waals surface area (Å²) < 4.78 is 10.3. The molecule has 0 spiro atoms. The molecule has 0 aromatic rings. The lowest BCUT2D eigenvalue weighted by Gasteiger charge is -2.31. The summed E-state index contributed by atoms with van der Waals surface area (Å²) in [7, 11) is 8.28. The maximum atomic E-state index is 12.2. The van der Waals surface area contributed by atoms with Crippen LogP contribution in [0.5, 0.6) is 0 Å². The SMILES string of the molecule is COCC(CCC(=O)N(C)[C@H](C)C(C)=O)(COC)SSC. The Morgan fingerprint density at radius 2 is 1.76 bits per heavy atom. The van der Waals surface area contributed by atoms with E-state index in [4.69, 9.17) is 9.47 Å². The first-order chi connectivity index (χ1) is 9.83. The van der Waals surface area contributed by atoms with E-state index in [2.05, 4.69) is 0 Å². The van der Waals surface area contributed by atoms with Crippen molar-refractivity contribution < 1.29 is 19.1 Å². The molecule has 0 aliphatic rings. The van der Waals surface area contributed by atoms with E-state index in [1.165, 1.54) is 11.8 Å². The third-order valence-corrected chi connectivity index (χ3v) is 5.95. The van der Waals surface area contributed by atoms with Crippen molar-refractivity contribution in [1.82, 2.24) is 4.90 Å². The molecule has 0 aromatic heterocycles. The van der Waals surface area contributed by atoms with Crippen LogP contribution in [0, 0.1) is 0 Å². The lowest BCUT2D eigenvalue weighted by molar-refractivity contribution is -0.137. The first-order valence-corrected chi connectivity index (χ1v) is 9.35. The number of nitrogens with zero attached hydrogens (tertiary/aromatic N) is 1. The molecule has 1 amide bonds. The Hall–Kier alpha value is -0.240. The highest BCUT2D eigenvalue weighted by molar-refractivity contribution is 8.77. The zero-order chi connectivity index (χ0) is 16.5. The number of ketones is 1. The molecule has 0 N–H and O–H groups in total. The molecule has 21 heavy (non-hydrogen) atoms. The van der Waals surface area contributed by atoms with Crippen molar-refractivity contribution in [2.75, 3.05) is 40.7 Å². The van der Waals surface area contributed by atoms with Crippen molar-refractivity contribution in [3.05, 3.63) is 0 Å². The molecule has 0 aromatic carbocycles. The summed E-state index contributed by atoms with van der Waals surface area (Å²) in [5.74, 6) is -0.0413. The van der Waals surface area contributed by atoms with Gasteiger partial charge in [-0.3, -0.25) is 9.59 Å². The van der Waals surface area contributed by atoms with Gasteiger partial charge in [-0.2, -0.15) is 0 Å². The predicted molar refractivity (Wildman–Crippen MR) is 89.7 cm³/mol. The molecule has 124 valence electrons. The summed E-state index contributed by atoms with van der Waals surface area (Å²) in [5, 5.41) is 0. The van der Waals surface area contributed by atoms with E-state index in [9.17, 15) is 9.59 Å². The maximum absolute atomic E-state index is 12.2. The molecule has 0 saturated heterocycles. The number of hydrogen-bond donors (Lipinski definition) is 0. The molecule has 0 radical (unpaired) electrons. The Morgan fingerprint density at radius 3 is 2.14 bits per heavy atom. The van der Waals surface area contributed by atoms with Crippen molar-refractivity contribution in [3.8, 4) is 0 Å². The third-order valence-electron chi connectivity index (χ3n) is 3.43. The molecule has 0 aliphatic heterocycles. The van der Waals surface area contributed by atoms with Gasteiger partial charge in [-0.1, -0.05) is 21.6 Å². The number of ether oxygens (including phenoxy) is 2. The largest absolute Gasteiger partial charge is 0.383 e. The number of rotatable bonds is 11. The molecule has 0 rings (SSSR count). The van der Waals surface area contributed by atoms with Gasteiger partial charge < -0.3 is 14.4 Å². The second kappa shape index (κ2) is 10.5. The summed E-state index contributed by atoms with van der Waals surface area (Å²) >= 11 is 0. The van der Waals surface area contributed by atoms with Crippen molar-refractivity contribution >= 4 is 33.3 Å². The van der Waals surface area contributed by atoms with Gasteiger partial charge in [0, 0.05) is 27.7 Å². The summed E-state index contributed by atoms with van der Waals surface area (Å²) in [6.45, 7) is 4.28.